The SMILES string of the molecule is CCCOP(=O)(NC([C@H]1O[C@@H](OC)[C@@H]2OC(C)(C)O[C@@H]21)P(=O)(OC(C)C)OC(C)C)OCCC. The second-order valence-electron chi connectivity index (χ2n) is 9.36. The average Bonchev–Trinajstić information content (AvgIpc) is 3.20. The average molecular weight is 532 g/mol. The molecule has 2 fully saturated rings. The first-order valence-corrected chi connectivity index (χ1v) is 15.1. The minimum atomic E-state index is -4.04. The summed E-state index contributed by atoms with van der Waals surface area (Å²) in [4.78, 5) is 0. The van der Waals surface area contributed by atoms with E-state index in [-0.39, 0.29) is 13.2 Å². The predicted octanol–water partition coefficient (Wildman–Crippen LogP) is 4.80. The summed E-state index contributed by atoms with van der Waals surface area (Å²) in [7, 11) is -6.50. The van der Waals surface area contributed by atoms with Crippen LogP contribution in [0.5, 0.6) is 0 Å². The molecule has 0 bridgehead atoms. The van der Waals surface area contributed by atoms with Crippen molar-refractivity contribution in [1.82, 2.24) is 5.09 Å². The van der Waals surface area contributed by atoms with Gasteiger partial charge in [-0.25, -0.2) is 9.65 Å². The molecular weight excluding hydrogens is 488 g/mol. The van der Waals surface area contributed by atoms with Gasteiger partial charge in [0.15, 0.2) is 12.1 Å². The van der Waals surface area contributed by atoms with Crippen molar-refractivity contribution in [1.29, 1.82) is 0 Å². The molecule has 0 radical (unpaired) electrons. The van der Waals surface area contributed by atoms with E-state index in [1.54, 1.807) is 41.5 Å². The first-order valence-electron chi connectivity index (χ1n) is 12.0. The fourth-order valence-electron chi connectivity index (χ4n) is 3.80. The van der Waals surface area contributed by atoms with Gasteiger partial charge in [-0.3, -0.25) is 13.6 Å². The summed E-state index contributed by atoms with van der Waals surface area (Å²) in [5.41, 5.74) is 0. The molecule has 2 saturated heterocycles. The highest BCUT2D eigenvalue weighted by Crippen LogP contribution is 2.61. The van der Waals surface area contributed by atoms with Gasteiger partial charge in [0, 0.05) is 7.11 Å². The molecule has 0 spiro atoms. The molecule has 5 atom stereocenters. The van der Waals surface area contributed by atoms with Gasteiger partial charge in [-0.05, 0) is 54.4 Å². The lowest BCUT2D eigenvalue weighted by molar-refractivity contribution is -0.227. The number of hydrogen-bond acceptors (Lipinski definition) is 10. The third-order valence-electron chi connectivity index (χ3n) is 4.87. The van der Waals surface area contributed by atoms with Crippen LogP contribution in [0.15, 0.2) is 0 Å². The third-order valence-corrected chi connectivity index (χ3v) is 9.25. The van der Waals surface area contributed by atoms with E-state index in [1.807, 2.05) is 13.8 Å². The molecule has 2 aliphatic heterocycles. The van der Waals surface area contributed by atoms with E-state index in [9.17, 15) is 9.13 Å². The minimum absolute atomic E-state index is 0.173. The highest BCUT2D eigenvalue weighted by Gasteiger charge is 2.62. The van der Waals surface area contributed by atoms with Crippen LogP contribution >= 0.6 is 15.3 Å². The van der Waals surface area contributed by atoms with Crippen LogP contribution in [0, 0.1) is 0 Å². The lowest BCUT2D eigenvalue weighted by atomic mass is 10.1. The van der Waals surface area contributed by atoms with Gasteiger partial charge in [-0.15, -0.1) is 0 Å². The maximum absolute atomic E-state index is 14.3. The molecule has 0 aromatic rings. The lowest BCUT2D eigenvalue weighted by Gasteiger charge is -2.36. The fourth-order valence-corrected chi connectivity index (χ4v) is 8.42. The Bertz CT molecular complexity index is 708. The molecule has 2 aliphatic rings. The van der Waals surface area contributed by atoms with Crippen LogP contribution in [0.25, 0.3) is 0 Å². The van der Waals surface area contributed by atoms with Crippen molar-refractivity contribution in [3.8, 4) is 0 Å². The number of ether oxygens (including phenoxy) is 4. The largest absolute Gasteiger partial charge is 0.406 e. The van der Waals surface area contributed by atoms with Gasteiger partial charge in [-0.1, -0.05) is 13.8 Å². The number of rotatable bonds is 15. The van der Waals surface area contributed by atoms with Crippen LogP contribution in [0.2, 0.25) is 0 Å². The maximum Gasteiger partial charge on any atom is 0.406 e. The smallest absolute Gasteiger partial charge is 0.353 e. The van der Waals surface area contributed by atoms with Crippen molar-refractivity contribution in [2.24, 2.45) is 0 Å². The Labute approximate surface area is 203 Å². The van der Waals surface area contributed by atoms with Crippen molar-refractivity contribution in [3.63, 3.8) is 0 Å². The molecule has 2 rings (SSSR count). The number of nitrogens with one attached hydrogen (secondary N) is 1. The summed E-state index contributed by atoms with van der Waals surface area (Å²) in [6, 6.07) is 0. The van der Waals surface area contributed by atoms with Crippen molar-refractivity contribution in [2.45, 2.75) is 117 Å². The molecule has 0 amide bonds. The first kappa shape index (κ1) is 30.3. The summed E-state index contributed by atoms with van der Waals surface area (Å²) in [6.07, 6.45) is -2.80. The Kier molecular flexibility index (Phi) is 11.2. The van der Waals surface area contributed by atoms with E-state index in [1.165, 1.54) is 7.11 Å². The summed E-state index contributed by atoms with van der Waals surface area (Å²) >= 11 is 0. The summed E-state index contributed by atoms with van der Waals surface area (Å²) in [5, 5.41) is 2.86. The molecular formula is C21H43NO10P2. The Balaban J connectivity index is 2.53. The van der Waals surface area contributed by atoms with Crippen LogP contribution in [-0.4, -0.2) is 68.7 Å². The van der Waals surface area contributed by atoms with Gasteiger partial charge in [0.1, 0.15) is 24.1 Å². The highest BCUT2D eigenvalue weighted by atomic mass is 31.2. The van der Waals surface area contributed by atoms with Gasteiger partial charge in [0.2, 0.25) is 0 Å². The zero-order valence-corrected chi connectivity index (χ0v) is 23.6. The van der Waals surface area contributed by atoms with Gasteiger partial charge < -0.3 is 28.0 Å². The van der Waals surface area contributed by atoms with E-state index in [2.05, 4.69) is 5.09 Å². The van der Waals surface area contributed by atoms with Crippen molar-refractivity contribution in [2.75, 3.05) is 20.3 Å². The highest BCUT2D eigenvalue weighted by molar-refractivity contribution is 7.57. The molecule has 13 heteroatoms. The Morgan fingerprint density at radius 3 is 1.85 bits per heavy atom. The summed E-state index contributed by atoms with van der Waals surface area (Å²) in [6.45, 7) is 14.6. The lowest BCUT2D eigenvalue weighted by Crippen LogP contribution is -2.47. The van der Waals surface area contributed by atoms with E-state index < -0.39 is 63.7 Å². The van der Waals surface area contributed by atoms with Crippen LogP contribution in [0.1, 0.15) is 68.2 Å². The van der Waals surface area contributed by atoms with Gasteiger partial charge in [-0.2, -0.15) is 0 Å². The molecule has 11 nitrogen and oxygen atoms in total. The molecule has 0 saturated carbocycles. The fraction of sp³-hybridized carbons (Fsp3) is 1.00. The molecule has 0 aromatic carbocycles. The van der Waals surface area contributed by atoms with Crippen molar-refractivity contribution < 1.29 is 46.2 Å². The van der Waals surface area contributed by atoms with Crippen LogP contribution in [0.3, 0.4) is 0 Å². The Morgan fingerprint density at radius 1 is 0.912 bits per heavy atom. The Hall–Kier alpha value is 0.1000. The summed E-state index contributed by atoms with van der Waals surface area (Å²) < 4.78 is 74.7. The van der Waals surface area contributed by atoms with Gasteiger partial charge >= 0.3 is 15.3 Å². The zero-order valence-electron chi connectivity index (χ0n) is 21.8. The number of fused-ring (bicyclic) bond motifs is 1. The van der Waals surface area contributed by atoms with Crippen LogP contribution < -0.4 is 5.09 Å². The maximum atomic E-state index is 14.3. The third kappa shape index (κ3) is 7.80. The van der Waals surface area contributed by atoms with E-state index >= 15 is 0 Å². The second-order valence-corrected chi connectivity index (χ2v) is 13.2. The topological polar surface area (TPSA) is 120 Å². The van der Waals surface area contributed by atoms with E-state index in [0.29, 0.717) is 12.8 Å². The molecule has 1 unspecified atom stereocenters. The van der Waals surface area contributed by atoms with Crippen LogP contribution in [-0.2, 0) is 46.2 Å². The number of hydrogen-bond donors (Lipinski definition) is 1. The van der Waals surface area contributed by atoms with Crippen molar-refractivity contribution >= 4 is 15.3 Å². The molecule has 202 valence electrons. The molecule has 0 aromatic heterocycles. The predicted molar refractivity (Wildman–Crippen MR) is 127 cm³/mol. The molecule has 1 N–H and O–H groups in total. The Morgan fingerprint density at radius 2 is 1.41 bits per heavy atom. The van der Waals surface area contributed by atoms with Crippen molar-refractivity contribution in [3.05, 3.63) is 0 Å². The normalized spacial score (nSPS) is 28.1. The minimum Gasteiger partial charge on any atom is -0.353 e. The van der Waals surface area contributed by atoms with E-state index in [4.69, 9.17) is 37.0 Å². The zero-order chi connectivity index (χ0) is 25.7. The summed E-state index contributed by atoms with van der Waals surface area (Å²) in [5.74, 6) is -2.19. The first-order chi connectivity index (χ1) is 15.8. The molecule has 2 heterocycles. The monoisotopic (exact) mass is 531 g/mol. The number of methoxy groups -OCH3 is 1. The standard InChI is InChI=1S/C21H43NO10P2/c1-10-12-26-34(24,27-13-11-2)22-19(33(23,31-14(3)4)32-15(5)6)17-16-18(20(25-9)28-17)30-21(7,8)29-16/h14-20H,10-13H2,1-9H3,(H,22,24)/t16-,17+,18-,19?,20-/m1/s1. The molecule has 34 heavy (non-hydrogen) atoms. The second kappa shape index (κ2) is 12.6. The van der Waals surface area contributed by atoms with Gasteiger partial charge in [0.25, 0.3) is 0 Å². The van der Waals surface area contributed by atoms with E-state index in [0.717, 1.165) is 0 Å². The molecule has 0 aliphatic carbocycles. The van der Waals surface area contributed by atoms with Gasteiger partial charge in [0.05, 0.1) is 25.4 Å². The van der Waals surface area contributed by atoms with Crippen LogP contribution in [0.4, 0.5) is 0 Å². The quantitative estimate of drug-likeness (QED) is 0.294.